The zero-order valence-electron chi connectivity index (χ0n) is 16.3. The van der Waals surface area contributed by atoms with Crippen molar-refractivity contribution in [3.63, 3.8) is 0 Å². The van der Waals surface area contributed by atoms with E-state index < -0.39 is 4.92 Å². The minimum Gasteiger partial charge on any atom is -0.377 e. The highest BCUT2D eigenvalue weighted by Gasteiger charge is 2.28. The van der Waals surface area contributed by atoms with E-state index in [4.69, 9.17) is 14.7 Å². The number of non-ortho nitro benzene ring substituents is 1. The average molecular weight is 397 g/mol. The first kappa shape index (κ1) is 19.4. The van der Waals surface area contributed by atoms with Gasteiger partial charge >= 0.3 is 0 Å². The van der Waals surface area contributed by atoms with Gasteiger partial charge in [0.15, 0.2) is 5.82 Å². The number of nitrogens with zero attached hydrogens (tertiary/aromatic N) is 5. The molecule has 29 heavy (non-hydrogen) atoms. The van der Waals surface area contributed by atoms with Gasteiger partial charge in [0, 0.05) is 42.9 Å². The summed E-state index contributed by atoms with van der Waals surface area (Å²) in [6.45, 7) is 5.90. The molecule has 0 aliphatic carbocycles. The number of morpholine rings is 1. The Morgan fingerprint density at radius 1 is 1.28 bits per heavy atom. The quantitative estimate of drug-likeness (QED) is 0.428. The van der Waals surface area contributed by atoms with Gasteiger partial charge in [-0.3, -0.25) is 15.0 Å². The Labute approximate surface area is 168 Å². The average Bonchev–Trinajstić information content (AvgIpc) is 2.73. The summed E-state index contributed by atoms with van der Waals surface area (Å²) in [5.74, 6) is 1.45. The van der Waals surface area contributed by atoms with E-state index in [9.17, 15) is 14.9 Å². The molecule has 2 aliphatic rings. The van der Waals surface area contributed by atoms with Gasteiger partial charge in [0.25, 0.3) is 5.69 Å². The van der Waals surface area contributed by atoms with Gasteiger partial charge < -0.3 is 14.4 Å². The smallest absolute Gasteiger partial charge is 0.269 e. The number of hydrogen-bond donors (Lipinski definition) is 0. The molecule has 1 fully saturated rings. The molecule has 2 aromatic rings. The van der Waals surface area contributed by atoms with Crippen LogP contribution in [0, 0.1) is 10.1 Å². The third-order valence-corrected chi connectivity index (χ3v) is 5.43. The first-order valence-corrected chi connectivity index (χ1v) is 9.72. The predicted octanol–water partition coefficient (Wildman–Crippen LogP) is 1.83. The molecule has 9 heteroatoms. The lowest BCUT2D eigenvalue weighted by atomic mass is 10.0. The molecule has 1 aromatic carbocycles. The third kappa shape index (κ3) is 3.96. The largest absolute Gasteiger partial charge is 0.377 e. The second kappa shape index (κ2) is 8.22. The molecule has 0 spiro atoms. The second-order valence-electron chi connectivity index (χ2n) is 7.37. The van der Waals surface area contributed by atoms with Crippen LogP contribution in [0.1, 0.15) is 18.2 Å². The summed E-state index contributed by atoms with van der Waals surface area (Å²) >= 11 is 0. The zero-order valence-corrected chi connectivity index (χ0v) is 16.3. The Balaban J connectivity index is 1.77. The predicted molar refractivity (Wildman–Crippen MR) is 107 cm³/mol. The van der Waals surface area contributed by atoms with E-state index >= 15 is 0 Å². The van der Waals surface area contributed by atoms with E-state index in [-0.39, 0.29) is 11.7 Å². The third-order valence-electron chi connectivity index (χ3n) is 5.43. The lowest BCUT2D eigenvalue weighted by Gasteiger charge is -2.37. The van der Waals surface area contributed by atoms with Crippen LogP contribution in [-0.2, 0) is 22.5 Å². The Kier molecular flexibility index (Phi) is 5.50. The standard InChI is InChI=1S/C20H23N5O4/c1-14-13-29-11-9-24(14)20-17-6-7-23(8-10-26)12-18(17)21-19(22-20)15-2-4-16(5-3-15)25(27)28/h2-5,10,14H,6-9,11-13H2,1H3/t14-/m0/s1. The number of benzene rings is 1. The molecule has 3 heterocycles. The highest BCUT2D eigenvalue weighted by molar-refractivity contribution is 5.63. The number of rotatable bonds is 5. The van der Waals surface area contributed by atoms with E-state index in [2.05, 4.69) is 16.7 Å². The summed E-state index contributed by atoms with van der Waals surface area (Å²) in [5, 5.41) is 11.0. The van der Waals surface area contributed by atoms with E-state index in [1.165, 1.54) is 12.1 Å². The number of hydrogen-bond acceptors (Lipinski definition) is 8. The highest BCUT2D eigenvalue weighted by Crippen LogP contribution is 2.31. The first-order valence-electron chi connectivity index (χ1n) is 9.72. The number of aldehydes is 1. The second-order valence-corrected chi connectivity index (χ2v) is 7.37. The molecule has 9 nitrogen and oxygen atoms in total. The number of ether oxygens (including phenoxy) is 1. The summed E-state index contributed by atoms with van der Waals surface area (Å²) in [6, 6.07) is 6.49. The van der Waals surface area contributed by atoms with Crippen molar-refractivity contribution in [2.45, 2.75) is 25.9 Å². The molecular formula is C20H23N5O4. The molecule has 152 valence electrons. The normalized spacial score (nSPS) is 19.6. The van der Waals surface area contributed by atoms with Crippen LogP contribution < -0.4 is 4.90 Å². The molecule has 2 aliphatic heterocycles. The van der Waals surface area contributed by atoms with Gasteiger partial charge in [-0.2, -0.15) is 0 Å². The van der Waals surface area contributed by atoms with Crippen LogP contribution in [0.25, 0.3) is 11.4 Å². The molecule has 0 saturated carbocycles. The lowest BCUT2D eigenvalue weighted by Crippen LogP contribution is -2.45. The number of carbonyl (C=O) groups excluding carboxylic acids is 1. The molecule has 0 bridgehead atoms. The van der Waals surface area contributed by atoms with Crippen LogP contribution in [0.5, 0.6) is 0 Å². The minimum atomic E-state index is -0.421. The number of carbonyl (C=O) groups is 1. The molecule has 0 amide bonds. The molecule has 1 aromatic heterocycles. The van der Waals surface area contributed by atoms with Crippen LogP contribution in [0.4, 0.5) is 11.5 Å². The van der Waals surface area contributed by atoms with Gasteiger partial charge in [0.05, 0.1) is 36.4 Å². The van der Waals surface area contributed by atoms with E-state index in [0.717, 1.165) is 48.4 Å². The van der Waals surface area contributed by atoms with E-state index in [0.29, 0.717) is 32.1 Å². The van der Waals surface area contributed by atoms with Gasteiger partial charge in [-0.05, 0) is 25.5 Å². The van der Waals surface area contributed by atoms with Crippen LogP contribution in [-0.4, -0.2) is 65.0 Å². The molecule has 1 atom stereocenters. The first-order chi connectivity index (χ1) is 14.1. The van der Waals surface area contributed by atoms with Gasteiger partial charge in [-0.25, -0.2) is 9.97 Å². The van der Waals surface area contributed by atoms with E-state index in [1.807, 2.05) is 0 Å². The summed E-state index contributed by atoms with van der Waals surface area (Å²) in [6.07, 6.45) is 1.69. The molecule has 0 radical (unpaired) electrons. The zero-order chi connectivity index (χ0) is 20.4. The van der Waals surface area contributed by atoms with Crippen LogP contribution in [0.15, 0.2) is 24.3 Å². The summed E-state index contributed by atoms with van der Waals surface area (Å²) in [5.41, 5.74) is 2.79. The number of aromatic nitrogens is 2. The monoisotopic (exact) mass is 397 g/mol. The van der Waals surface area contributed by atoms with Crippen molar-refractivity contribution >= 4 is 17.8 Å². The van der Waals surface area contributed by atoms with Crippen LogP contribution in [0.2, 0.25) is 0 Å². The maximum absolute atomic E-state index is 11.0. The van der Waals surface area contributed by atoms with Crippen molar-refractivity contribution in [1.29, 1.82) is 0 Å². The Morgan fingerprint density at radius 3 is 2.76 bits per heavy atom. The van der Waals surface area contributed by atoms with Gasteiger partial charge in [0.2, 0.25) is 0 Å². The number of fused-ring (bicyclic) bond motifs is 1. The summed E-state index contributed by atoms with van der Waals surface area (Å²) in [4.78, 5) is 35.5. The van der Waals surface area contributed by atoms with Crippen molar-refractivity contribution in [2.24, 2.45) is 0 Å². The van der Waals surface area contributed by atoms with Crippen LogP contribution in [0.3, 0.4) is 0 Å². The van der Waals surface area contributed by atoms with Crippen molar-refractivity contribution < 1.29 is 14.5 Å². The summed E-state index contributed by atoms with van der Waals surface area (Å²) in [7, 11) is 0. The van der Waals surface area contributed by atoms with Crippen molar-refractivity contribution in [3.8, 4) is 11.4 Å². The molecular weight excluding hydrogens is 374 g/mol. The Bertz CT molecular complexity index is 918. The van der Waals surface area contributed by atoms with Gasteiger partial charge in [-0.1, -0.05) is 0 Å². The fraction of sp³-hybridized carbons (Fsp3) is 0.450. The SMILES string of the molecule is C[C@H]1COCCN1c1nc(-c2ccc([N+](=O)[O-])cc2)nc2c1CCN(CC=O)C2. The molecule has 0 N–H and O–H groups in total. The summed E-state index contributed by atoms with van der Waals surface area (Å²) < 4.78 is 5.58. The Hall–Kier alpha value is -2.91. The minimum absolute atomic E-state index is 0.0332. The van der Waals surface area contributed by atoms with E-state index in [1.54, 1.807) is 12.1 Å². The number of nitro groups is 1. The number of nitro benzene ring substituents is 1. The number of anilines is 1. The lowest BCUT2D eigenvalue weighted by molar-refractivity contribution is -0.384. The molecule has 0 unspecified atom stereocenters. The maximum atomic E-state index is 11.0. The highest BCUT2D eigenvalue weighted by atomic mass is 16.6. The topological polar surface area (TPSA) is 102 Å². The molecule has 1 saturated heterocycles. The van der Waals surface area contributed by atoms with Crippen molar-refractivity contribution in [2.75, 3.05) is 37.7 Å². The fourth-order valence-electron chi connectivity index (χ4n) is 3.87. The van der Waals surface area contributed by atoms with Gasteiger partial charge in [-0.15, -0.1) is 0 Å². The van der Waals surface area contributed by atoms with Crippen molar-refractivity contribution in [1.82, 2.24) is 14.9 Å². The van der Waals surface area contributed by atoms with Crippen molar-refractivity contribution in [3.05, 3.63) is 45.6 Å². The molecule has 4 rings (SSSR count). The Morgan fingerprint density at radius 2 is 2.07 bits per heavy atom. The van der Waals surface area contributed by atoms with Gasteiger partial charge in [0.1, 0.15) is 12.1 Å². The van der Waals surface area contributed by atoms with Crippen LogP contribution >= 0.6 is 0 Å². The fourth-order valence-corrected chi connectivity index (χ4v) is 3.87. The maximum Gasteiger partial charge on any atom is 0.269 e.